The zero-order valence-corrected chi connectivity index (χ0v) is 40.6. The highest BCUT2D eigenvalue weighted by Gasteiger charge is 2.42. The summed E-state index contributed by atoms with van der Waals surface area (Å²) >= 11 is 0. The highest BCUT2D eigenvalue weighted by molar-refractivity contribution is 5.33. The molecule has 6 unspecified atom stereocenters. The smallest absolute Gasteiger partial charge is 0.385 e. The fourth-order valence-electron chi connectivity index (χ4n) is 9.80. The Kier molecular flexibility index (Phi) is 25.3. The van der Waals surface area contributed by atoms with Crippen LogP contribution >= 0.6 is 0 Å². The largest absolute Gasteiger partial charge is 0.416 e. The van der Waals surface area contributed by atoms with Crippen molar-refractivity contribution in [1.82, 2.24) is 16.0 Å². The van der Waals surface area contributed by atoms with Gasteiger partial charge in [0.25, 0.3) is 0 Å². The van der Waals surface area contributed by atoms with E-state index in [0.717, 1.165) is 127 Å². The molecule has 0 spiro atoms. The number of nitrogens with one attached hydrogen (secondary N) is 3. The van der Waals surface area contributed by atoms with E-state index in [1.165, 1.54) is 12.1 Å². The van der Waals surface area contributed by atoms with E-state index < -0.39 is 40.8 Å². The van der Waals surface area contributed by atoms with Crippen molar-refractivity contribution >= 4 is 0 Å². The number of hydrogen-bond donors (Lipinski definition) is 5. The van der Waals surface area contributed by atoms with Gasteiger partial charge in [-0.1, -0.05) is 60.7 Å². The lowest BCUT2D eigenvalue weighted by Crippen LogP contribution is -2.44. The molecule has 3 fully saturated rings. The van der Waals surface area contributed by atoms with Crippen LogP contribution in [0, 0.1) is 17.8 Å². The van der Waals surface area contributed by atoms with Crippen molar-refractivity contribution in [3.05, 3.63) is 107 Å². The summed E-state index contributed by atoms with van der Waals surface area (Å²) in [6, 6.07) is 21.1. The molecule has 384 valence electrons. The third-order valence-corrected chi connectivity index (χ3v) is 13.5. The first-order valence-electron chi connectivity index (χ1n) is 24.8. The summed E-state index contributed by atoms with van der Waals surface area (Å²) in [4.78, 5) is 0. The summed E-state index contributed by atoms with van der Waals surface area (Å²) in [5.74, 6) is 0.271. The average molecular weight is 968 g/mol. The number of alkyl halides is 6. The van der Waals surface area contributed by atoms with Crippen molar-refractivity contribution in [1.29, 1.82) is 0 Å². The Balaban J connectivity index is 0.000000223. The molecule has 0 amide bonds. The normalized spacial score (nSPS) is 21.2. The molecule has 0 aromatic heterocycles. The number of piperidine rings is 3. The molecule has 6 rings (SSSR count). The number of hydrogen-bond acceptors (Lipinski definition) is 9. The van der Waals surface area contributed by atoms with Crippen molar-refractivity contribution in [3.63, 3.8) is 0 Å². The van der Waals surface area contributed by atoms with Crippen molar-refractivity contribution in [3.8, 4) is 0 Å². The van der Waals surface area contributed by atoms with Gasteiger partial charge in [0.15, 0.2) is 0 Å². The lowest BCUT2D eigenvalue weighted by molar-refractivity contribution is -0.140. The number of methoxy groups -OCH3 is 2. The van der Waals surface area contributed by atoms with Crippen LogP contribution in [0.5, 0.6) is 0 Å². The van der Waals surface area contributed by atoms with Gasteiger partial charge in [-0.25, -0.2) is 0 Å². The van der Waals surface area contributed by atoms with Gasteiger partial charge in [-0.05, 0) is 145 Å². The average Bonchev–Trinajstić information content (AvgIpc) is 3.36. The Labute approximate surface area is 401 Å². The Bertz CT molecular complexity index is 1790. The second-order valence-corrected chi connectivity index (χ2v) is 18.3. The first kappa shape index (κ1) is 57.5. The van der Waals surface area contributed by atoms with Gasteiger partial charge >= 0.3 is 12.4 Å². The van der Waals surface area contributed by atoms with Crippen molar-refractivity contribution < 1.29 is 55.5 Å². The minimum absolute atomic E-state index is 0.0507. The topological polar surface area (TPSA) is 113 Å². The SMILES string of the molecule is CCOCCCCC(O)(c1ccccc1)C1CCCNC1.COCCCCC(O)(c1cccc(C(F)(F)F)c1)C1CCCNC1.COCCCOC(c1ccccc1C(F)(F)F)C1CCCNC1. The van der Waals surface area contributed by atoms with E-state index in [1.54, 1.807) is 32.4 Å². The predicted molar refractivity (Wildman–Crippen MR) is 255 cm³/mol. The molecule has 15 heteroatoms. The van der Waals surface area contributed by atoms with Crippen LogP contribution in [0.4, 0.5) is 26.3 Å². The van der Waals surface area contributed by atoms with Gasteiger partial charge in [-0.3, -0.25) is 0 Å². The fraction of sp³-hybridized carbons (Fsp3) is 0.660. The zero-order chi connectivity index (χ0) is 49.3. The van der Waals surface area contributed by atoms with Gasteiger partial charge in [0.1, 0.15) is 0 Å². The van der Waals surface area contributed by atoms with Gasteiger partial charge in [-0.2, -0.15) is 26.3 Å². The Morgan fingerprint density at radius 1 is 0.574 bits per heavy atom. The second kappa shape index (κ2) is 29.9. The van der Waals surface area contributed by atoms with Crippen molar-refractivity contribution in [2.45, 2.75) is 120 Å². The Morgan fingerprint density at radius 3 is 1.65 bits per heavy atom. The first-order valence-corrected chi connectivity index (χ1v) is 24.8. The van der Waals surface area contributed by atoms with Crippen LogP contribution in [0.3, 0.4) is 0 Å². The van der Waals surface area contributed by atoms with Gasteiger partial charge < -0.3 is 45.1 Å². The van der Waals surface area contributed by atoms with Crippen LogP contribution < -0.4 is 16.0 Å². The van der Waals surface area contributed by atoms with Crippen LogP contribution in [-0.2, 0) is 42.5 Å². The van der Waals surface area contributed by atoms with E-state index in [4.69, 9.17) is 18.9 Å². The van der Waals surface area contributed by atoms with Gasteiger partial charge in [0.05, 0.1) is 28.4 Å². The molecule has 6 atom stereocenters. The monoisotopic (exact) mass is 968 g/mol. The summed E-state index contributed by atoms with van der Waals surface area (Å²) in [7, 11) is 3.21. The van der Waals surface area contributed by atoms with Gasteiger partial charge in [0.2, 0.25) is 0 Å². The van der Waals surface area contributed by atoms with Crippen LogP contribution in [0.25, 0.3) is 0 Å². The quantitative estimate of drug-likeness (QED) is 0.0496. The maximum Gasteiger partial charge on any atom is 0.416 e. The molecule has 68 heavy (non-hydrogen) atoms. The number of rotatable bonds is 22. The molecule has 0 bridgehead atoms. The van der Waals surface area contributed by atoms with E-state index in [2.05, 4.69) is 28.1 Å². The summed E-state index contributed by atoms with van der Waals surface area (Å²) in [5.41, 5.74) is -1.59. The third kappa shape index (κ3) is 18.2. The van der Waals surface area contributed by atoms with E-state index in [1.807, 2.05) is 25.1 Å². The summed E-state index contributed by atoms with van der Waals surface area (Å²) in [6.07, 6.45) is 1.91. The molecule has 3 aromatic carbocycles. The lowest BCUT2D eigenvalue weighted by Gasteiger charge is -2.39. The molecule has 0 saturated carbocycles. The molecule has 3 aliphatic heterocycles. The minimum Gasteiger partial charge on any atom is -0.385 e. The minimum atomic E-state index is -4.40. The van der Waals surface area contributed by atoms with Crippen LogP contribution in [0.1, 0.15) is 124 Å². The Hall–Kier alpha value is -3.12. The van der Waals surface area contributed by atoms with Crippen LogP contribution in [0.15, 0.2) is 78.9 Å². The molecule has 3 aromatic rings. The van der Waals surface area contributed by atoms with Gasteiger partial charge in [-0.15, -0.1) is 0 Å². The molecule has 0 aliphatic carbocycles. The predicted octanol–water partition coefficient (Wildman–Crippen LogP) is 10.6. The molecule has 3 heterocycles. The summed E-state index contributed by atoms with van der Waals surface area (Å²) in [6.45, 7) is 10.2. The van der Waals surface area contributed by atoms with E-state index in [9.17, 15) is 36.6 Å². The molecule has 3 aliphatic rings. The molecule has 0 radical (unpaired) electrons. The van der Waals surface area contributed by atoms with E-state index >= 15 is 0 Å². The number of halogens is 6. The molecule has 9 nitrogen and oxygen atoms in total. The molecule has 3 saturated heterocycles. The number of unbranched alkanes of at least 4 members (excludes halogenated alkanes) is 2. The molecular formula is C53H79F6N3O6. The summed E-state index contributed by atoms with van der Waals surface area (Å²) < 4.78 is 100. The highest BCUT2D eigenvalue weighted by Crippen LogP contribution is 2.42. The molecular weight excluding hydrogens is 889 g/mol. The zero-order valence-electron chi connectivity index (χ0n) is 40.6. The highest BCUT2D eigenvalue weighted by atomic mass is 19.4. The van der Waals surface area contributed by atoms with E-state index in [-0.39, 0.29) is 17.4 Å². The fourth-order valence-corrected chi connectivity index (χ4v) is 9.80. The second-order valence-electron chi connectivity index (χ2n) is 18.3. The number of aliphatic hydroxyl groups is 2. The Morgan fingerprint density at radius 2 is 1.10 bits per heavy atom. The van der Waals surface area contributed by atoms with Crippen molar-refractivity contribution in [2.75, 3.05) is 86.5 Å². The van der Waals surface area contributed by atoms with Crippen LogP contribution in [-0.4, -0.2) is 96.7 Å². The van der Waals surface area contributed by atoms with E-state index in [0.29, 0.717) is 63.7 Å². The standard InChI is InChI=1S/C18H26F3NO2.C18H29NO2.C17H24F3NO2/c1-24-11-3-2-9-17(23,16-8-5-10-22-13-16)14-6-4-7-15(12-14)18(19,20)21;1-2-21-14-7-6-12-18(20,16-9-4-3-5-10-16)17-11-8-13-19-15-17;1-22-10-5-11-23-16(13-6-4-9-21-12-13)14-7-2-3-8-15(14)17(18,19)20/h4,6-7,12,16,22-23H,2-3,5,8-11,13H2,1H3;3-5,9-10,17,19-20H,2,6-8,11-15H2,1H3;2-3,7-8,13,16,21H,4-6,9-12H2,1H3. The summed E-state index contributed by atoms with van der Waals surface area (Å²) in [5, 5.41) is 32.7. The first-order chi connectivity index (χ1) is 32.7. The van der Waals surface area contributed by atoms with Crippen molar-refractivity contribution in [2.24, 2.45) is 17.8 Å². The van der Waals surface area contributed by atoms with Gasteiger partial charge in [0, 0.05) is 84.6 Å². The number of ether oxygens (including phenoxy) is 4. The molecule has 5 N–H and O–H groups in total. The maximum atomic E-state index is 13.3. The lowest BCUT2D eigenvalue weighted by atomic mass is 9.74. The third-order valence-electron chi connectivity index (χ3n) is 13.5. The maximum absolute atomic E-state index is 13.3. The van der Waals surface area contributed by atoms with Crippen LogP contribution in [0.2, 0.25) is 0 Å². The number of benzene rings is 3.